The van der Waals surface area contributed by atoms with Gasteiger partial charge in [-0.3, -0.25) is 19.2 Å². The molecule has 4 amide bonds. The lowest BCUT2D eigenvalue weighted by Gasteiger charge is -2.35. The molecular weight excluding hydrogens is 468 g/mol. The molecule has 0 bridgehead atoms. The van der Waals surface area contributed by atoms with Crippen molar-refractivity contribution in [2.24, 2.45) is 5.41 Å². The van der Waals surface area contributed by atoms with Crippen LogP contribution in [0, 0.1) is 5.41 Å². The van der Waals surface area contributed by atoms with E-state index in [1.165, 1.54) is 6.08 Å². The number of rotatable bonds is 7. The first-order valence-electron chi connectivity index (χ1n) is 12.8. The molecule has 0 radical (unpaired) electrons. The average molecular weight is 509 g/mol. The molecule has 1 aliphatic rings. The number of carbonyl (C=O) groups is 4. The summed E-state index contributed by atoms with van der Waals surface area (Å²) in [5.41, 5.74) is 0.166. The number of benzene rings is 2. The Morgan fingerprint density at radius 3 is 2.16 bits per heavy atom. The summed E-state index contributed by atoms with van der Waals surface area (Å²) < 4.78 is 0. The summed E-state index contributed by atoms with van der Waals surface area (Å²) in [6.07, 6.45) is 3.44. The van der Waals surface area contributed by atoms with E-state index in [0.717, 1.165) is 30.2 Å². The number of hydrogen-bond donors (Lipinski definition) is 2. The number of fused-ring (bicyclic) bond motifs is 1. The molecule has 0 aliphatic carbocycles. The first kappa shape index (κ1) is 29.5. The van der Waals surface area contributed by atoms with E-state index in [1.807, 2.05) is 63.2 Å². The minimum absolute atomic E-state index is 0.00657. The van der Waals surface area contributed by atoms with Crippen molar-refractivity contribution in [3.63, 3.8) is 0 Å². The molecule has 1 aliphatic heterocycles. The van der Waals surface area contributed by atoms with Gasteiger partial charge in [-0.2, -0.15) is 0 Å². The number of unbranched alkanes of at least 4 members (excludes halogenated alkanes) is 1. The second-order valence-electron chi connectivity index (χ2n) is 9.98. The molecule has 2 aromatic rings. The third-order valence-corrected chi connectivity index (χ3v) is 6.04. The van der Waals surface area contributed by atoms with Crippen molar-refractivity contribution in [2.75, 3.05) is 39.3 Å². The molecule has 8 heteroatoms. The predicted molar refractivity (Wildman–Crippen MR) is 147 cm³/mol. The Morgan fingerprint density at radius 1 is 0.919 bits per heavy atom. The van der Waals surface area contributed by atoms with E-state index in [9.17, 15) is 19.2 Å². The Hall–Kier alpha value is -3.68. The van der Waals surface area contributed by atoms with Crippen LogP contribution in [-0.2, 0) is 14.4 Å². The van der Waals surface area contributed by atoms with Crippen molar-refractivity contribution in [3.8, 4) is 0 Å². The van der Waals surface area contributed by atoms with E-state index in [1.54, 1.807) is 9.80 Å². The summed E-state index contributed by atoms with van der Waals surface area (Å²) in [7, 11) is 0. The topological polar surface area (TPSA) is 98.8 Å². The van der Waals surface area contributed by atoms with Gasteiger partial charge in [0.15, 0.2) is 0 Å². The molecule has 0 saturated carbocycles. The molecule has 3 rings (SSSR count). The van der Waals surface area contributed by atoms with Crippen LogP contribution in [-0.4, -0.2) is 72.7 Å². The lowest BCUT2D eigenvalue weighted by molar-refractivity contribution is -0.136. The molecule has 2 N–H and O–H groups in total. The summed E-state index contributed by atoms with van der Waals surface area (Å²) in [4.78, 5) is 51.2. The second kappa shape index (κ2) is 14.2. The number of nitrogens with zero attached hydrogens (tertiary/aromatic N) is 2. The van der Waals surface area contributed by atoms with Crippen molar-refractivity contribution in [3.05, 3.63) is 60.7 Å². The van der Waals surface area contributed by atoms with Crippen molar-refractivity contribution >= 4 is 34.4 Å². The second-order valence-corrected chi connectivity index (χ2v) is 9.98. The largest absolute Gasteiger partial charge is 0.353 e. The molecule has 8 nitrogen and oxygen atoms in total. The van der Waals surface area contributed by atoms with Crippen LogP contribution in [0.5, 0.6) is 0 Å². The minimum atomic E-state index is -0.524. The maximum atomic E-state index is 13.0. The molecule has 1 saturated heterocycles. The lowest BCUT2D eigenvalue weighted by atomic mass is 9.96. The Balaban J connectivity index is 0.000000458. The van der Waals surface area contributed by atoms with Crippen LogP contribution in [0.4, 0.5) is 0 Å². The van der Waals surface area contributed by atoms with Gasteiger partial charge < -0.3 is 20.4 Å². The van der Waals surface area contributed by atoms with E-state index in [0.29, 0.717) is 31.7 Å². The van der Waals surface area contributed by atoms with E-state index in [4.69, 9.17) is 0 Å². The molecule has 0 aromatic heterocycles. The van der Waals surface area contributed by atoms with Crippen LogP contribution in [0.15, 0.2) is 55.1 Å². The molecule has 1 fully saturated rings. The van der Waals surface area contributed by atoms with Gasteiger partial charge in [0.2, 0.25) is 17.7 Å². The summed E-state index contributed by atoms with van der Waals surface area (Å²) in [5, 5.41) is 7.35. The van der Waals surface area contributed by atoms with Gasteiger partial charge in [-0.15, -0.1) is 0 Å². The van der Waals surface area contributed by atoms with Crippen molar-refractivity contribution < 1.29 is 19.2 Å². The van der Waals surface area contributed by atoms with Crippen LogP contribution in [0.1, 0.15) is 50.9 Å². The van der Waals surface area contributed by atoms with Gasteiger partial charge in [0.05, 0.1) is 6.54 Å². The molecule has 1 heterocycles. The Kier molecular flexibility index (Phi) is 11.3. The fraction of sp³-hybridized carbons (Fsp3) is 0.448. The summed E-state index contributed by atoms with van der Waals surface area (Å²) in [5.74, 6) is -0.353. The smallest absolute Gasteiger partial charge is 0.254 e. The van der Waals surface area contributed by atoms with Gasteiger partial charge in [-0.1, -0.05) is 77.1 Å². The van der Waals surface area contributed by atoms with Gasteiger partial charge in [0.1, 0.15) is 0 Å². The highest BCUT2D eigenvalue weighted by molar-refractivity contribution is 6.07. The number of amides is 4. The zero-order valence-electron chi connectivity index (χ0n) is 22.5. The molecule has 200 valence electrons. The molecular formula is C29H40N4O4. The monoisotopic (exact) mass is 508 g/mol. The SMILES string of the molecule is C=CC(=O)NCCCC.CC(C)(C)C(=O)NCC(=O)N1CCN(C(=O)c2cccc3ccccc23)CC1. The van der Waals surface area contributed by atoms with Gasteiger partial charge in [-0.25, -0.2) is 0 Å². The number of piperazine rings is 1. The maximum absolute atomic E-state index is 13.0. The Morgan fingerprint density at radius 2 is 1.54 bits per heavy atom. The fourth-order valence-electron chi connectivity index (χ4n) is 3.73. The standard InChI is InChI=1S/C22H27N3O3.C7H13NO/c1-22(2,3)21(28)23-15-19(26)24-11-13-25(14-12-24)20(27)18-10-6-8-16-7-4-5-9-17(16)18;1-3-5-6-8-7(9)4-2/h4-10H,11-15H2,1-3H3,(H,23,28);4H,2-3,5-6H2,1H3,(H,8,9). The fourth-order valence-corrected chi connectivity index (χ4v) is 3.73. The average Bonchev–Trinajstić information content (AvgIpc) is 2.90. The van der Waals surface area contributed by atoms with Crippen molar-refractivity contribution in [1.29, 1.82) is 0 Å². The Labute approximate surface area is 220 Å². The quantitative estimate of drug-likeness (QED) is 0.443. The first-order valence-corrected chi connectivity index (χ1v) is 12.8. The zero-order chi connectivity index (χ0) is 27.4. The van der Waals surface area contributed by atoms with Crippen LogP contribution in [0.2, 0.25) is 0 Å². The van der Waals surface area contributed by atoms with Crippen LogP contribution in [0.3, 0.4) is 0 Å². The molecule has 37 heavy (non-hydrogen) atoms. The minimum Gasteiger partial charge on any atom is -0.353 e. The van der Waals surface area contributed by atoms with Crippen molar-refractivity contribution in [1.82, 2.24) is 20.4 Å². The summed E-state index contributed by atoms with van der Waals surface area (Å²) in [6, 6.07) is 13.6. The van der Waals surface area contributed by atoms with Crippen LogP contribution in [0.25, 0.3) is 10.8 Å². The normalized spacial score (nSPS) is 13.3. The zero-order valence-corrected chi connectivity index (χ0v) is 22.5. The lowest BCUT2D eigenvalue weighted by Crippen LogP contribution is -2.53. The summed E-state index contributed by atoms with van der Waals surface area (Å²) in [6.45, 7) is 13.5. The highest BCUT2D eigenvalue weighted by atomic mass is 16.2. The number of hydrogen-bond acceptors (Lipinski definition) is 4. The third kappa shape index (κ3) is 9.04. The highest BCUT2D eigenvalue weighted by Gasteiger charge is 2.27. The molecule has 0 spiro atoms. The molecule has 0 unspecified atom stereocenters. The van der Waals surface area contributed by atoms with Crippen molar-refractivity contribution in [2.45, 2.75) is 40.5 Å². The van der Waals surface area contributed by atoms with E-state index in [-0.39, 0.29) is 30.2 Å². The van der Waals surface area contributed by atoms with Gasteiger partial charge in [0.25, 0.3) is 5.91 Å². The van der Waals surface area contributed by atoms with Gasteiger partial charge >= 0.3 is 0 Å². The van der Waals surface area contributed by atoms with E-state index in [2.05, 4.69) is 24.1 Å². The Bertz CT molecular complexity index is 1090. The number of nitrogens with one attached hydrogen (secondary N) is 2. The van der Waals surface area contributed by atoms with E-state index < -0.39 is 5.41 Å². The first-order chi connectivity index (χ1) is 17.6. The van der Waals surface area contributed by atoms with Gasteiger partial charge in [0, 0.05) is 43.7 Å². The van der Waals surface area contributed by atoms with Gasteiger partial charge in [-0.05, 0) is 29.3 Å². The maximum Gasteiger partial charge on any atom is 0.254 e. The highest BCUT2D eigenvalue weighted by Crippen LogP contribution is 2.20. The predicted octanol–water partition coefficient (Wildman–Crippen LogP) is 3.38. The van der Waals surface area contributed by atoms with Crippen LogP contribution >= 0.6 is 0 Å². The van der Waals surface area contributed by atoms with Crippen LogP contribution < -0.4 is 10.6 Å². The molecule has 0 atom stereocenters. The summed E-state index contributed by atoms with van der Waals surface area (Å²) >= 11 is 0. The molecule has 2 aromatic carbocycles. The van der Waals surface area contributed by atoms with E-state index >= 15 is 0 Å². The number of carbonyl (C=O) groups excluding carboxylic acids is 4. The third-order valence-electron chi connectivity index (χ3n) is 6.04.